The van der Waals surface area contributed by atoms with Gasteiger partial charge in [-0.15, -0.1) is 0 Å². The molecular formula is C17H24O4. The van der Waals surface area contributed by atoms with E-state index in [-0.39, 0.29) is 5.78 Å². The molecule has 0 spiro atoms. The van der Waals surface area contributed by atoms with Gasteiger partial charge in [-0.2, -0.15) is 0 Å². The largest absolute Gasteiger partial charge is 0.490 e. The fraction of sp³-hybridized carbons (Fsp3) is 0.588. The van der Waals surface area contributed by atoms with Gasteiger partial charge in [0.1, 0.15) is 18.0 Å². The Bertz CT molecular complexity index is 464. The first-order valence-electron chi connectivity index (χ1n) is 7.54. The van der Waals surface area contributed by atoms with E-state index in [1.54, 1.807) is 14.2 Å². The van der Waals surface area contributed by atoms with Crippen molar-refractivity contribution in [3.63, 3.8) is 0 Å². The second-order valence-electron chi connectivity index (χ2n) is 5.43. The Morgan fingerprint density at radius 3 is 2.48 bits per heavy atom. The summed E-state index contributed by atoms with van der Waals surface area (Å²) in [5.41, 5.74) is -0.0729. The quantitative estimate of drug-likeness (QED) is 0.571. The fourth-order valence-corrected chi connectivity index (χ4v) is 2.91. The molecule has 1 aliphatic rings. The lowest BCUT2D eigenvalue weighted by molar-refractivity contribution is -0.0196. The van der Waals surface area contributed by atoms with Crippen LogP contribution in [0.5, 0.6) is 5.75 Å². The molecule has 0 aromatic heterocycles. The molecule has 0 N–H and O–H groups in total. The second kappa shape index (κ2) is 7.57. The van der Waals surface area contributed by atoms with Crippen LogP contribution in [0.4, 0.5) is 0 Å². The lowest BCUT2D eigenvalue weighted by atomic mass is 9.79. The number of Topliss-reactive ketones (excluding diaryl/α,β-unsaturated/α-hetero) is 1. The minimum atomic E-state index is -0.682. The molecule has 1 aromatic rings. The van der Waals surface area contributed by atoms with E-state index in [1.807, 2.05) is 24.3 Å². The Hall–Kier alpha value is -1.39. The first-order valence-corrected chi connectivity index (χ1v) is 7.54. The van der Waals surface area contributed by atoms with Crippen molar-refractivity contribution in [3.05, 3.63) is 29.8 Å². The lowest BCUT2D eigenvalue weighted by Gasteiger charge is -2.34. The van der Waals surface area contributed by atoms with E-state index in [1.165, 1.54) is 6.42 Å². The fourth-order valence-electron chi connectivity index (χ4n) is 2.91. The molecule has 21 heavy (non-hydrogen) atoms. The van der Waals surface area contributed by atoms with Gasteiger partial charge >= 0.3 is 0 Å². The highest BCUT2D eigenvalue weighted by molar-refractivity contribution is 6.04. The smallest absolute Gasteiger partial charge is 0.198 e. The van der Waals surface area contributed by atoms with Crippen LogP contribution in [0.3, 0.4) is 0 Å². The molecule has 2 rings (SSSR count). The molecule has 0 saturated heterocycles. The van der Waals surface area contributed by atoms with Crippen LogP contribution < -0.4 is 4.74 Å². The lowest BCUT2D eigenvalue weighted by Crippen LogP contribution is -2.42. The number of hydrogen-bond donors (Lipinski definition) is 0. The van der Waals surface area contributed by atoms with Gasteiger partial charge in [-0.25, -0.2) is 0 Å². The van der Waals surface area contributed by atoms with Crippen LogP contribution >= 0.6 is 0 Å². The van der Waals surface area contributed by atoms with Gasteiger partial charge in [0.2, 0.25) is 0 Å². The van der Waals surface area contributed by atoms with E-state index >= 15 is 0 Å². The zero-order chi connectivity index (χ0) is 15.1. The highest BCUT2D eigenvalue weighted by Gasteiger charge is 2.40. The normalized spacial score (nSPS) is 17.4. The number of ketones is 1. The van der Waals surface area contributed by atoms with Gasteiger partial charge in [0.05, 0.1) is 12.2 Å². The number of carbonyl (C=O) groups is 1. The molecule has 0 amide bonds. The first-order chi connectivity index (χ1) is 10.2. The Labute approximate surface area is 126 Å². The van der Waals surface area contributed by atoms with E-state index in [0.29, 0.717) is 24.5 Å². The maximum Gasteiger partial charge on any atom is 0.198 e. The monoisotopic (exact) mass is 292 g/mol. The molecule has 0 aliphatic heterocycles. The highest BCUT2D eigenvalue weighted by atomic mass is 16.5. The Balaban J connectivity index is 2.21. The zero-order valence-corrected chi connectivity index (χ0v) is 12.9. The van der Waals surface area contributed by atoms with Gasteiger partial charge < -0.3 is 14.2 Å². The summed E-state index contributed by atoms with van der Waals surface area (Å²) in [6.07, 6.45) is 4.81. The summed E-state index contributed by atoms with van der Waals surface area (Å²) in [6, 6.07) is 7.39. The predicted molar refractivity (Wildman–Crippen MR) is 81.0 cm³/mol. The molecule has 116 valence electrons. The van der Waals surface area contributed by atoms with Crippen molar-refractivity contribution in [1.82, 2.24) is 0 Å². The Kier molecular flexibility index (Phi) is 5.76. The molecule has 0 unspecified atom stereocenters. The van der Waals surface area contributed by atoms with Crippen molar-refractivity contribution in [2.75, 3.05) is 27.4 Å². The molecule has 0 radical (unpaired) electrons. The summed E-state index contributed by atoms with van der Waals surface area (Å²) < 4.78 is 16.3. The van der Waals surface area contributed by atoms with Crippen LogP contribution in [0, 0.1) is 0 Å². The topological polar surface area (TPSA) is 44.8 Å². The van der Waals surface area contributed by atoms with Crippen LogP contribution in [0.25, 0.3) is 0 Å². The van der Waals surface area contributed by atoms with Crippen molar-refractivity contribution < 1.29 is 19.0 Å². The van der Waals surface area contributed by atoms with Crippen molar-refractivity contribution in [3.8, 4) is 5.75 Å². The van der Waals surface area contributed by atoms with E-state index in [9.17, 15) is 4.79 Å². The number of benzene rings is 1. The molecule has 0 heterocycles. The van der Waals surface area contributed by atoms with E-state index in [0.717, 1.165) is 25.7 Å². The third-order valence-electron chi connectivity index (χ3n) is 4.14. The standard InChI is InChI=1S/C17H24O4/c1-19-12-13-21-15-9-5-4-8-14(15)16(18)17(20-2)10-6-3-7-11-17/h4-5,8-9H,3,6-7,10-13H2,1-2H3. The third-order valence-corrected chi connectivity index (χ3v) is 4.14. The number of rotatable bonds is 7. The molecule has 0 atom stereocenters. The number of carbonyl (C=O) groups excluding carboxylic acids is 1. The maximum atomic E-state index is 13.0. The predicted octanol–water partition coefficient (Wildman–Crippen LogP) is 3.24. The maximum absolute atomic E-state index is 13.0. The number of methoxy groups -OCH3 is 2. The van der Waals surface area contributed by atoms with Gasteiger partial charge in [-0.05, 0) is 25.0 Å². The summed E-state index contributed by atoms with van der Waals surface area (Å²) in [5.74, 6) is 0.652. The highest BCUT2D eigenvalue weighted by Crippen LogP contribution is 2.36. The number of para-hydroxylation sites is 1. The average molecular weight is 292 g/mol. The molecule has 1 saturated carbocycles. The van der Waals surface area contributed by atoms with Crippen LogP contribution in [0.1, 0.15) is 42.5 Å². The summed E-state index contributed by atoms with van der Waals surface area (Å²) >= 11 is 0. The zero-order valence-electron chi connectivity index (χ0n) is 12.9. The van der Waals surface area contributed by atoms with Gasteiger partial charge in [-0.3, -0.25) is 4.79 Å². The summed E-state index contributed by atoms with van der Waals surface area (Å²) in [7, 11) is 3.26. The second-order valence-corrected chi connectivity index (χ2v) is 5.43. The van der Waals surface area contributed by atoms with Gasteiger partial charge in [0, 0.05) is 14.2 Å². The minimum Gasteiger partial charge on any atom is -0.490 e. The summed E-state index contributed by atoms with van der Waals surface area (Å²) in [6.45, 7) is 0.929. The minimum absolute atomic E-state index is 0.0396. The van der Waals surface area contributed by atoms with E-state index in [2.05, 4.69) is 0 Å². The third kappa shape index (κ3) is 3.63. The number of ether oxygens (including phenoxy) is 3. The molecule has 1 aromatic carbocycles. The molecule has 4 nitrogen and oxygen atoms in total. The molecule has 1 fully saturated rings. The molecule has 4 heteroatoms. The molecular weight excluding hydrogens is 268 g/mol. The van der Waals surface area contributed by atoms with Crippen LogP contribution in [-0.2, 0) is 9.47 Å². The summed E-state index contributed by atoms with van der Waals surface area (Å²) in [4.78, 5) is 13.0. The molecule has 1 aliphatic carbocycles. The van der Waals surface area contributed by atoms with E-state index in [4.69, 9.17) is 14.2 Å². The summed E-state index contributed by atoms with van der Waals surface area (Å²) in [5, 5.41) is 0. The van der Waals surface area contributed by atoms with Crippen molar-refractivity contribution in [2.24, 2.45) is 0 Å². The Morgan fingerprint density at radius 2 is 1.81 bits per heavy atom. The molecule has 0 bridgehead atoms. The van der Waals surface area contributed by atoms with Crippen LogP contribution in [0.2, 0.25) is 0 Å². The SMILES string of the molecule is COCCOc1ccccc1C(=O)C1(OC)CCCCC1. The van der Waals surface area contributed by atoms with Crippen LogP contribution in [-0.4, -0.2) is 38.8 Å². The van der Waals surface area contributed by atoms with E-state index < -0.39 is 5.60 Å². The van der Waals surface area contributed by atoms with Crippen molar-refractivity contribution in [1.29, 1.82) is 0 Å². The van der Waals surface area contributed by atoms with Crippen molar-refractivity contribution >= 4 is 5.78 Å². The van der Waals surface area contributed by atoms with Crippen molar-refractivity contribution in [2.45, 2.75) is 37.7 Å². The van der Waals surface area contributed by atoms with Gasteiger partial charge in [0.15, 0.2) is 5.78 Å². The number of hydrogen-bond acceptors (Lipinski definition) is 4. The van der Waals surface area contributed by atoms with Gasteiger partial charge in [0.25, 0.3) is 0 Å². The van der Waals surface area contributed by atoms with Gasteiger partial charge in [-0.1, -0.05) is 31.4 Å². The first kappa shape index (κ1) is 16.0. The average Bonchev–Trinajstić information content (AvgIpc) is 2.55. The van der Waals surface area contributed by atoms with Crippen LogP contribution in [0.15, 0.2) is 24.3 Å². The Morgan fingerprint density at radius 1 is 1.10 bits per heavy atom.